The second kappa shape index (κ2) is 5.92. The zero-order valence-corrected chi connectivity index (χ0v) is 12.4. The van der Waals surface area contributed by atoms with Crippen LogP contribution in [0.5, 0.6) is 0 Å². The van der Waals surface area contributed by atoms with E-state index in [-0.39, 0.29) is 23.3 Å². The molecule has 0 amide bonds. The van der Waals surface area contributed by atoms with Gasteiger partial charge in [-0.15, -0.1) is 0 Å². The Bertz CT molecular complexity index is 581. The van der Waals surface area contributed by atoms with Crippen molar-refractivity contribution in [3.63, 3.8) is 0 Å². The highest BCUT2D eigenvalue weighted by molar-refractivity contribution is 7.89. The topological polar surface area (TPSA) is 92.4 Å². The molecule has 0 radical (unpaired) electrons. The minimum absolute atomic E-state index is 0.0899. The number of nitrogens with zero attached hydrogens (tertiary/aromatic N) is 2. The normalized spacial score (nSPS) is 20.8. The number of hydrogen-bond acceptors (Lipinski definition) is 5. The van der Waals surface area contributed by atoms with Crippen LogP contribution in [0.2, 0.25) is 0 Å². The van der Waals surface area contributed by atoms with E-state index in [1.165, 1.54) is 17.6 Å². The van der Waals surface area contributed by atoms with E-state index in [2.05, 4.69) is 14.9 Å². The smallest absolute Gasteiger partial charge is 0.307 e. The van der Waals surface area contributed by atoms with E-state index < -0.39 is 10.0 Å². The number of esters is 1. The van der Waals surface area contributed by atoms with E-state index in [1.54, 1.807) is 6.92 Å². The van der Waals surface area contributed by atoms with Crippen molar-refractivity contribution < 1.29 is 17.9 Å². The van der Waals surface area contributed by atoms with E-state index >= 15 is 0 Å². The van der Waals surface area contributed by atoms with Gasteiger partial charge in [-0.25, -0.2) is 8.42 Å². The molecule has 2 rings (SSSR count). The Kier molecular flexibility index (Phi) is 4.44. The van der Waals surface area contributed by atoms with E-state index in [1.807, 2.05) is 0 Å². The van der Waals surface area contributed by atoms with Gasteiger partial charge in [0.05, 0.1) is 25.4 Å². The molecule has 1 saturated heterocycles. The van der Waals surface area contributed by atoms with Crippen LogP contribution in [0.15, 0.2) is 11.1 Å². The molecule has 1 aromatic heterocycles. The lowest BCUT2D eigenvalue weighted by Gasteiger charge is -2.33. The Morgan fingerprint density at radius 2 is 2.30 bits per heavy atom. The molecule has 1 N–H and O–H groups in total. The van der Waals surface area contributed by atoms with Crippen molar-refractivity contribution in [2.45, 2.75) is 43.5 Å². The van der Waals surface area contributed by atoms with Crippen molar-refractivity contribution in [2.75, 3.05) is 13.7 Å². The van der Waals surface area contributed by atoms with Gasteiger partial charge in [-0.3, -0.25) is 9.89 Å². The molecular formula is C12H19N3O4S. The third-order valence-corrected chi connectivity index (χ3v) is 5.64. The summed E-state index contributed by atoms with van der Waals surface area (Å²) >= 11 is 0. The summed E-state index contributed by atoms with van der Waals surface area (Å²) in [5, 5.41) is 6.40. The summed E-state index contributed by atoms with van der Waals surface area (Å²) < 4.78 is 31.4. The maximum absolute atomic E-state index is 12.7. The lowest BCUT2D eigenvalue weighted by molar-refractivity contribution is -0.141. The molecule has 1 atom stereocenters. The molecular weight excluding hydrogens is 282 g/mol. The van der Waals surface area contributed by atoms with Gasteiger partial charge in [0.2, 0.25) is 10.0 Å². The van der Waals surface area contributed by atoms with Crippen molar-refractivity contribution in [1.29, 1.82) is 0 Å². The van der Waals surface area contributed by atoms with Crippen LogP contribution < -0.4 is 0 Å². The maximum Gasteiger partial charge on any atom is 0.307 e. The largest absolute Gasteiger partial charge is 0.469 e. The first-order valence-electron chi connectivity index (χ1n) is 6.55. The first-order valence-corrected chi connectivity index (χ1v) is 7.99. The predicted molar refractivity (Wildman–Crippen MR) is 71.5 cm³/mol. The number of aromatic nitrogens is 2. The fraction of sp³-hybridized carbons (Fsp3) is 0.667. The molecule has 1 aliphatic heterocycles. The SMILES string of the molecule is COC(=O)CC1CCCCN1S(=O)(=O)c1cn[nH]c1C. The average molecular weight is 301 g/mol. The molecule has 1 fully saturated rings. The fourth-order valence-electron chi connectivity index (χ4n) is 2.50. The fourth-order valence-corrected chi connectivity index (χ4v) is 4.31. The van der Waals surface area contributed by atoms with Crippen LogP contribution in [0.1, 0.15) is 31.4 Å². The van der Waals surface area contributed by atoms with Gasteiger partial charge in [0.15, 0.2) is 0 Å². The maximum atomic E-state index is 12.7. The first-order chi connectivity index (χ1) is 9.46. The van der Waals surface area contributed by atoms with Crippen LogP contribution in [-0.2, 0) is 19.6 Å². The van der Waals surface area contributed by atoms with Crippen molar-refractivity contribution in [3.8, 4) is 0 Å². The number of aromatic amines is 1. The van der Waals surface area contributed by atoms with Gasteiger partial charge in [-0.1, -0.05) is 6.42 Å². The number of H-pyrrole nitrogens is 1. The summed E-state index contributed by atoms with van der Waals surface area (Å²) in [5.74, 6) is -0.388. The van der Waals surface area contributed by atoms with Crippen LogP contribution in [0.4, 0.5) is 0 Å². The van der Waals surface area contributed by atoms with Crippen LogP contribution in [0.3, 0.4) is 0 Å². The summed E-state index contributed by atoms with van der Waals surface area (Å²) in [4.78, 5) is 11.6. The average Bonchev–Trinajstić information content (AvgIpc) is 2.86. The van der Waals surface area contributed by atoms with Gasteiger partial charge in [-0.2, -0.15) is 9.40 Å². The Morgan fingerprint density at radius 3 is 2.90 bits per heavy atom. The molecule has 0 saturated carbocycles. The minimum Gasteiger partial charge on any atom is -0.469 e. The van der Waals surface area contributed by atoms with Gasteiger partial charge >= 0.3 is 5.97 Å². The van der Waals surface area contributed by atoms with Crippen LogP contribution in [0.25, 0.3) is 0 Å². The Labute approximate surface area is 118 Å². The van der Waals surface area contributed by atoms with Gasteiger partial charge in [-0.05, 0) is 19.8 Å². The van der Waals surface area contributed by atoms with Gasteiger partial charge in [0, 0.05) is 12.6 Å². The molecule has 0 bridgehead atoms. The van der Waals surface area contributed by atoms with E-state index in [0.717, 1.165) is 12.8 Å². The molecule has 1 aliphatic rings. The number of aryl methyl sites for hydroxylation is 1. The highest BCUT2D eigenvalue weighted by Gasteiger charge is 2.36. The van der Waals surface area contributed by atoms with Crippen molar-refractivity contribution in [1.82, 2.24) is 14.5 Å². The summed E-state index contributed by atoms with van der Waals surface area (Å²) in [6.45, 7) is 2.09. The number of nitrogens with one attached hydrogen (secondary N) is 1. The third kappa shape index (κ3) is 2.85. The molecule has 8 heteroatoms. The van der Waals surface area contributed by atoms with Gasteiger partial charge < -0.3 is 4.74 Å². The lowest BCUT2D eigenvalue weighted by Crippen LogP contribution is -2.44. The lowest BCUT2D eigenvalue weighted by atomic mass is 10.0. The molecule has 0 aromatic carbocycles. The molecule has 7 nitrogen and oxygen atoms in total. The molecule has 112 valence electrons. The van der Waals surface area contributed by atoms with Crippen LogP contribution >= 0.6 is 0 Å². The first kappa shape index (κ1) is 15.0. The number of carbonyl (C=O) groups is 1. The number of carbonyl (C=O) groups excluding carboxylic acids is 1. The number of piperidine rings is 1. The second-order valence-electron chi connectivity index (χ2n) is 4.90. The number of methoxy groups -OCH3 is 1. The van der Waals surface area contributed by atoms with Gasteiger partial charge in [0.1, 0.15) is 4.90 Å². The second-order valence-corrected chi connectivity index (χ2v) is 6.76. The van der Waals surface area contributed by atoms with Crippen molar-refractivity contribution in [3.05, 3.63) is 11.9 Å². The molecule has 20 heavy (non-hydrogen) atoms. The molecule has 1 aromatic rings. The highest BCUT2D eigenvalue weighted by Crippen LogP contribution is 2.28. The Hall–Kier alpha value is -1.41. The summed E-state index contributed by atoms with van der Waals surface area (Å²) in [6.07, 6.45) is 3.79. The minimum atomic E-state index is -3.62. The van der Waals surface area contributed by atoms with E-state index in [9.17, 15) is 13.2 Å². The number of sulfonamides is 1. The number of hydrogen-bond donors (Lipinski definition) is 1. The van der Waals surface area contributed by atoms with Crippen molar-refractivity contribution >= 4 is 16.0 Å². The van der Waals surface area contributed by atoms with Crippen molar-refractivity contribution in [2.24, 2.45) is 0 Å². The number of ether oxygens (including phenoxy) is 1. The standard InChI is InChI=1S/C12H19N3O4S/c1-9-11(8-13-14-9)20(17,18)15-6-4-3-5-10(15)7-12(16)19-2/h8,10H,3-7H2,1-2H3,(H,13,14). The number of rotatable bonds is 4. The zero-order chi connectivity index (χ0) is 14.8. The van der Waals surface area contributed by atoms with E-state index in [0.29, 0.717) is 18.7 Å². The monoisotopic (exact) mass is 301 g/mol. The zero-order valence-electron chi connectivity index (χ0n) is 11.6. The van der Waals surface area contributed by atoms with Crippen LogP contribution in [-0.4, -0.2) is 48.6 Å². The predicted octanol–water partition coefficient (Wildman–Crippen LogP) is 0.824. The molecule has 0 spiro atoms. The highest BCUT2D eigenvalue weighted by atomic mass is 32.2. The van der Waals surface area contributed by atoms with Crippen LogP contribution in [0, 0.1) is 6.92 Å². The Morgan fingerprint density at radius 1 is 1.55 bits per heavy atom. The third-order valence-electron chi connectivity index (χ3n) is 3.57. The van der Waals surface area contributed by atoms with Gasteiger partial charge in [0.25, 0.3) is 0 Å². The summed E-state index contributed by atoms with van der Waals surface area (Å²) in [7, 11) is -2.31. The summed E-state index contributed by atoms with van der Waals surface area (Å²) in [6, 6.07) is -0.338. The Balaban J connectivity index is 2.28. The molecule has 2 heterocycles. The molecule has 1 unspecified atom stereocenters. The quantitative estimate of drug-likeness (QED) is 0.831. The summed E-state index contributed by atoms with van der Waals surface area (Å²) in [5.41, 5.74) is 0.507. The van der Waals surface area contributed by atoms with E-state index in [4.69, 9.17) is 0 Å². The molecule has 0 aliphatic carbocycles.